The summed E-state index contributed by atoms with van der Waals surface area (Å²) in [6.45, 7) is 8.96. The molecular formula is C15H22FNO2. The van der Waals surface area contributed by atoms with Crippen LogP contribution in [-0.4, -0.2) is 29.1 Å². The molecule has 0 aliphatic carbocycles. The van der Waals surface area contributed by atoms with Crippen LogP contribution in [0, 0.1) is 12.7 Å². The normalized spacial score (nSPS) is 14.4. The van der Waals surface area contributed by atoms with Crippen LogP contribution in [-0.2, 0) is 10.3 Å². The van der Waals surface area contributed by atoms with E-state index in [1.54, 1.807) is 13.0 Å². The fourth-order valence-electron chi connectivity index (χ4n) is 2.54. The molecule has 0 bridgehead atoms. The summed E-state index contributed by atoms with van der Waals surface area (Å²) >= 11 is 0. The molecule has 3 nitrogen and oxygen atoms in total. The van der Waals surface area contributed by atoms with Crippen LogP contribution in [0.3, 0.4) is 0 Å². The van der Waals surface area contributed by atoms with Crippen molar-refractivity contribution in [3.05, 3.63) is 35.1 Å². The van der Waals surface area contributed by atoms with Gasteiger partial charge in [-0.2, -0.15) is 0 Å². The minimum absolute atomic E-state index is 0.0445. The molecule has 1 N–H and O–H groups in total. The van der Waals surface area contributed by atoms with E-state index in [4.69, 9.17) is 5.11 Å². The van der Waals surface area contributed by atoms with E-state index in [2.05, 4.69) is 0 Å². The van der Waals surface area contributed by atoms with Gasteiger partial charge in [0, 0.05) is 0 Å². The molecule has 0 amide bonds. The van der Waals surface area contributed by atoms with E-state index in [1.165, 1.54) is 6.07 Å². The van der Waals surface area contributed by atoms with E-state index in [0.29, 0.717) is 11.1 Å². The molecule has 0 aliphatic heterocycles. The van der Waals surface area contributed by atoms with Gasteiger partial charge in [0.05, 0.1) is 12.0 Å². The number of hydrogen-bond donors (Lipinski definition) is 1. The van der Waals surface area contributed by atoms with Gasteiger partial charge in [0.2, 0.25) is 0 Å². The van der Waals surface area contributed by atoms with Gasteiger partial charge in [-0.15, -0.1) is 0 Å². The number of carboxylic acid groups (broad SMARTS) is 1. The Morgan fingerprint density at radius 2 is 1.95 bits per heavy atom. The zero-order valence-electron chi connectivity index (χ0n) is 12.0. The molecule has 106 valence electrons. The minimum Gasteiger partial charge on any atom is -0.481 e. The van der Waals surface area contributed by atoms with Crippen LogP contribution >= 0.6 is 0 Å². The lowest BCUT2D eigenvalue weighted by atomic mass is 9.86. The highest BCUT2D eigenvalue weighted by atomic mass is 19.1. The predicted molar refractivity (Wildman–Crippen MR) is 73.7 cm³/mol. The predicted octanol–water partition coefficient (Wildman–Crippen LogP) is 3.17. The third-order valence-electron chi connectivity index (χ3n) is 3.75. The van der Waals surface area contributed by atoms with Crippen molar-refractivity contribution in [1.29, 1.82) is 0 Å². The van der Waals surface area contributed by atoms with Gasteiger partial charge in [0.25, 0.3) is 0 Å². The van der Waals surface area contributed by atoms with E-state index < -0.39 is 11.5 Å². The molecular weight excluding hydrogens is 245 g/mol. The molecule has 0 aromatic heterocycles. The van der Waals surface area contributed by atoms with Crippen LogP contribution in [0.25, 0.3) is 0 Å². The van der Waals surface area contributed by atoms with Gasteiger partial charge in [0.1, 0.15) is 5.82 Å². The summed E-state index contributed by atoms with van der Waals surface area (Å²) in [7, 11) is 0. The molecule has 0 radical (unpaired) electrons. The summed E-state index contributed by atoms with van der Waals surface area (Å²) in [5.41, 5.74) is 0.590. The molecule has 1 aromatic carbocycles. The van der Waals surface area contributed by atoms with Crippen molar-refractivity contribution in [3.63, 3.8) is 0 Å². The Kier molecular flexibility index (Phi) is 5.06. The van der Waals surface area contributed by atoms with Crippen molar-refractivity contribution in [1.82, 2.24) is 4.90 Å². The maximum Gasteiger partial charge on any atom is 0.305 e. The SMILES string of the molecule is CCN(CC)C(C)(CC(=O)O)c1ccc(C)c(F)c1. The van der Waals surface area contributed by atoms with Crippen LogP contribution < -0.4 is 0 Å². The number of carbonyl (C=O) groups is 1. The average Bonchev–Trinajstić information content (AvgIpc) is 2.33. The third kappa shape index (κ3) is 3.32. The summed E-state index contributed by atoms with van der Waals surface area (Å²) in [6, 6.07) is 4.98. The van der Waals surface area contributed by atoms with Crippen LogP contribution in [0.2, 0.25) is 0 Å². The zero-order valence-corrected chi connectivity index (χ0v) is 12.0. The number of hydrogen-bond acceptors (Lipinski definition) is 2. The molecule has 0 heterocycles. The summed E-state index contributed by atoms with van der Waals surface area (Å²) < 4.78 is 13.8. The number of aryl methyl sites for hydroxylation is 1. The summed E-state index contributed by atoms with van der Waals surface area (Å²) in [4.78, 5) is 13.2. The number of nitrogens with zero attached hydrogens (tertiary/aromatic N) is 1. The van der Waals surface area contributed by atoms with Gasteiger partial charge in [0.15, 0.2) is 0 Å². The third-order valence-corrected chi connectivity index (χ3v) is 3.75. The molecule has 1 aromatic rings. The molecule has 1 unspecified atom stereocenters. The second kappa shape index (κ2) is 6.15. The minimum atomic E-state index is -0.879. The highest BCUT2D eigenvalue weighted by molar-refractivity contribution is 5.69. The molecule has 0 fully saturated rings. The lowest BCUT2D eigenvalue weighted by Gasteiger charge is -2.40. The molecule has 0 saturated heterocycles. The first-order chi connectivity index (χ1) is 8.85. The van der Waals surface area contributed by atoms with Gasteiger partial charge in [-0.3, -0.25) is 9.69 Å². The van der Waals surface area contributed by atoms with E-state index in [9.17, 15) is 9.18 Å². The molecule has 1 atom stereocenters. The molecule has 4 heteroatoms. The Hall–Kier alpha value is -1.42. The van der Waals surface area contributed by atoms with Crippen LogP contribution in [0.4, 0.5) is 4.39 Å². The Morgan fingerprint density at radius 3 is 2.37 bits per heavy atom. The first-order valence-corrected chi connectivity index (χ1v) is 6.58. The number of aliphatic carboxylic acids is 1. The second-order valence-electron chi connectivity index (χ2n) is 4.98. The first-order valence-electron chi connectivity index (χ1n) is 6.58. The highest BCUT2D eigenvalue weighted by Gasteiger charge is 2.34. The quantitative estimate of drug-likeness (QED) is 0.860. The van der Waals surface area contributed by atoms with Crippen LogP contribution in [0.15, 0.2) is 18.2 Å². The van der Waals surface area contributed by atoms with Crippen molar-refractivity contribution in [2.45, 2.75) is 39.7 Å². The monoisotopic (exact) mass is 267 g/mol. The molecule has 0 aliphatic rings. The van der Waals surface area contributed by atoms with Crippen LogP contribution in [0.1, 0.15) is 38.3 Å². The van der Waals surface area contributed by atoms with Gasteiger partial charge in [-0.05, 0) is 44.1 Å². The fourth-order valence-corrected chi connectivity index (χ4v) is 2.54. The Bertz CT molecular complexity index is 457. The van der Waals surface area contributed by atoms with Crippen molar-refractivity contribution < 1.29 is 14.3 Å². The summed E-state index contributed by atoms with van der Waals surface area (Å²) in [5.74, 6) is -1.17. The van der Waals surface area contributed by atoms with Crippen molar-refractivity contribution in [2.75, 3.05) is 13.1 Å². The Balaban J connectivity index is 3.29. The zero-order chi connectivity index (χ0) is 14.6. The first kappa shape index (κ1) is 15.6. The van der Waals surface area contributed by atoms with E-state index in [0.717, 1.165) is 13.1 Å². The largest absolute Gasteiger partial charge is 0.481 e. The van der Waals surface area contributed by atoms with Gasteiger partial charge in [-0.1, -0.05) is 26.0 Å². The summed E-state index contributed by atoms with van der Waals surface area (Å²) in [6.07, 6.45) is -0.0445. The van der Waals surface area contributed by atoms with Gasteiger partial charge < -0.3 is 5.11 Å². The Morgan fingerprint density at radius 1 is 1.37 bits per heavy atom. The smallest absolute Gasteiger partial charge is 0.305 e. The van der Waals surface area contributed by atoms with Crippen molar-refractivity contribution in [3.8, 4) is 0 Å². The highest BCUT2D eigenvalue weighted by Crippen LogP contribution is 2.32. The van der Waals surface area contributed by atoms with E-state index >= 15 is 0 Å². The average molecular weight is 267 g/mol. The molecule has 19 heavy (non-hydrogen) atoms. The van der Waals surface area contributed by atoms with Crippen molar-refractivity contribution >= 4 is 5.97 Å². The maximum absolute atomic E-state index is 13.8. The van der Waals surface area contributed by atoms with E-state index in [-0.39, 0.29) is 12.2 Å². The molecule has 0 spiro atoms. The second-order valence-corrected chi connectivity index (χ2v) is 4.98. The fraction of sp³-hybridized carbons (Fsp3) is 0.533. The number of benzene rings is 1. The lowest BCUT2D eigenvalue weighted by molar-refractivity contribution is -0.140. The molecule has 0 saturated carbocycles. The van der Waals surface area contributed by atoms with Crippen molar-refractivity contribution in [2.24, 2.45) is 0 Å². The van der Waals surface area contributed by atoms with Crippen LogP contribution in [0.5, 0.6) is 0 Å². The summed E-state index contributed by atoms with van der Waals surface area (Å²) in [5, 5.41) is 9.15. The maximum atomic E-state index is 13.8. The number of halogens is 1. The number of carboxylic acids is 1. The topological polar surface area (TPSA) is 40.5 Å². The number of rotatable bonds is 6. The van der Waals surface area contributed by atoms with Gasteiger partial charge >= 0.3 is 5.97 Å². The standard InChI is InChI=1S/C15H22FNO2/c1-5-17(6-2)15(4,10-14(18)19)12-8-7-11(3)13(16)9-12/h7-9H,5-6,10H2,1-4H3,(H,18,19). The lowest BCUT2D eigenvalue weighted by Crippen LogP contribution is -2.45. The molecule has 1 rings (SSSR count). The van der Waals surface area contributed by atoms with E-state index in [1.807, 2.05) is 31.7 Å². The Labute approximate surface area is 114 Å². The van der Waals surface area contributed by atoms with Gasteiger partial charge in [-0.25, -0.2) is 4.39 Å².